The fourth-order valence-corrected chi connectivity index (χ4v) is 8.65. The summed E-state index contributed by atoms with van der Waals surface area (Å²) in [7, 11) is 0. The molecular weight excluding hydrogens is 595 g/mol. The van der Waals surface area contributed by atoms with E-state index in [2.05, 4.69) is 135 Å². The minimum atomic E-state index is 0.507. The third-order valence-electron chi connectivity index (χ3n) is 9.46. The van der Waals surface area contributed by atoms with Gasteiger partial charge in [0.25, 0.3) is 5.95 Å². The van der Waals surface area contributed by atoms with Gasteiger partial charge in [-0.25, -0.2) is 9.97 Å². The van der Waals surface area contributed by atoms with Crippen molar-refractivity contribution >= 4 is 75.6 Å². The zero-order valence-electron chi connectivity index (χ0n) is 25.8. The molecule has 1 aliphatic rings. The van der Waals surface area contributed by atoms with Gasteiger partial charge in [0, 0.05) is 37.5 Å². The van der Waals surface area contributed by atoms with Gasteiger partial charge in [0.15, 0.2) is 5.75 Å². The molecule has 0 aliphatic carbocycles. The van der Waals surface area contributed by atoms with Crippen molar-refractivity contribution < 1.29 is 4.84 Å². The zero-order valence-corrected chi connectivity index (χ0v) is 26.6. The summed E-state index contributed by atoms with van der Waals surface area (Å²) >= 11 is 1.80. The third kappa shape index (κ3) is 3.81. The molecule has 0 saturated heterocycles. The summed E-state index contributed by atoms with van der Waals surface area (Å²) in [6.45, 7) is 4.28. The van der Waals surface area contributed by atoms with Crippen molar-refractivity contribution in [2.75, 3.05) is 5.06 Å². The van der Waals surface area contributed by atoms with E-state index in [1.165, 1.54) is 42.8 Å². The second-order valence-corrected chi connectivity index (χ2v) is 13.4. The van der Waals surface area contributed by atoms with Crippen LogP contribution in [0.1, 0.15) is 11.1 Å². The highest BCUT2D eigenvalue weighted by atomic mass is 32.1. The van der Waals surface area contributed by atoms with Crippen molar-refractivity contribution in [1.82, 2.24) is 9.97 Å². The fourth-order valence-electron chi connectivity index (χ4n) is 7.40. The Morgan fingerprint density at radius 2 is 1.34 bits per heavy atom. The van der Waals surface area contributed by atoms with E-state index in [0.29, 0.717) is 5.95 Å². The van der Waals surface area contributed by atoms with Crippen molar-refractivity contribution in [2.24, 2.45) is 0 Å². The molecule has 4 nitrogen and oxygen atoms in total. The van der Waals surface area contributed by atoms with E-state index in [4.69, 9.17) is 14.8 Å². The Labute approximate surface area is 275 Å². The number of thiophene rings is 1. The SMILES string of the molecule is Cc1ccc(-c2nc(N3Oc4ccc5ccccc5c4-c4c3c3sc5ccccc5c3c3ccccc43)nc3ccccc23)c(C)c1. The molecule has 222 valence electrons. The van der Waals surface area contributed by atoms with Gasteiger partial charge in [-0.2, -0.15) is 0 Å². The molecule has 0 bridgehead atoms. The van der Waals surface area contributed by atoms with Crippen LogP contribution in [0.15, 0.2) is 127 Å². The predicted molar refractivity (Wildman–Crippen MR) is 197 cm³/mol. The van der Waals surface area contributed by atoms with E-state index < -0.39 is 0 Å². The summed E-state index contributed by atoms with van der Waals surface area (Å²) in [6.07, 6.45) is 0. The molecular formula is C42H27N3OS. The first kappa shape index (κ1) is 26.4. The van der Waals surface area contributed by atoms with Crippen LogP contribution in [0.5, 0.6) is 5.75 Å². The molecule has 9 aromatic rings. The fraction of sp³-hybridized carbons (Fsp3) is 0.0476. The number of anilines is 2. The number of benzene rings is 7. The van der Waals surface area contributed by atoms with Crippen LogP contribution in [-0.4, -0.2) is 9.97 Å². The highest BCUT2D eigenvalue weighted by Gasteiger charge is 2.34. The molecule has 0 fully saturated rings. The number of aromatic nitrogens is 2. The summed E-state index contributed by atoms with van der Waals surface area (Å²) in [5.41, 5.74) is 8.47. The van der Waals surface area contributed by atoms with Crippen molar-refractivity contribution in [3.63, 3.8) is 0 Å². The number of nitrogens with zero attached hydrogens (tertiary/aromatic N) is 3. The van der Waals surface area contributed by atoms with Crippen LogP contribution in [0.4, 0.5) is 11.6 Å². The van der Waals surface area contributed by atoms with Crippen LogP contribution in [0.3, 0.4) is 0 Å². The van der Waals surface area contributed by atoms with Gasteiger partial charge in [0.2, 0.25) is 0 Å². The lowest BCUT2D eigenvalue weighted by atomic mass is 9.89. The Morgan fingerprint density at radius 1 is 0.617 bits per heavy atom. The van der Waals surface area contributed by atoms with E-state index in [0.717, 1.165) is 54.8 Å². The number of hydrogen-bond donors (Lipinski definition) is 0. The lowest BCUT2D eigenvalue weighted by Crippen LogP contribution is -2.28. The predicted octanol–water partition coefficient (Wildman–Crippen LogP) is 11.7. The molecule has 0 radical (unpaired) electrons. The average Bonchev–Trinajstić information content (AvgIpc) is 3.50. The second kappa shape index (κ2) is 9.86. The van der Waals surface area contributed by atoms with Crippen LogP contribution in [0.2, 0.25) is 0 Å². The summed E-state index contributed by atoms with van der Waals surface area (Å²) in [5, 5.41) is 10.1. The Kier molecular flexibility index (Phi) is 5.55. The Balaban J connectivity index is 1.37. The number of rotatable bonds is 2. The molecule has 0 saturated carbocycles. The van der Waals surface area contributed by atoms with E-state index in [1.807, 2.05) is 11.1 Å². The number of para-hydroxylation sites is 1. The summed E-state index contributed by atoms with van der Waals surface area (Å²) in [5.74, 6) is 1.29. The lowest BCUT2D eigenvalue weighted by molar-refractivity contribution is 0.316. The molecule has 0 amide bonds. The molecule has 3 heterocycles. The van der Waals surface area contributed by atoms with E-state index in [-0.39, 0.29) is 0 Å². The van der Waals surface area contributed by atoms with E-state index in [9.17, 15) is 0 Å². The number of aryl methyl sites for hydroxylation is 2. The van der Waals surface area contributed by atoms with E-state index >= 15 is 0 Å². The smallest absolute Gasteiger partial charge is 0.265 e. The van der Waals surface area contributed by atoms with Gasteiger partial charge in [-0.05, 0) is 59.2 Å². The molecule has 0 unspecified atom stereocenters. The van der Waals surface area contributed by atoms with Gasteiger partial charge < -0.3 is 4.84 Å². The Morgan fingerprint density at radius 3 is 2.19 bits per heavy atom. The first-order valence-corrected chi connectivity index (χ1v) is 16.7. The van der Waals surface area contributed by atoms with Crippen molar-refractivity contribution in [2.45, 2.75) is 13.8 Å². The molecule has 10 rings (SSSR count). The highest BCUT2D eigenvalue weighted by molar-refractivity contribution is 7.26. The highest BCUT2D eigenvalue weighted by Crippen LogP contribution is 2.56. The summed E-state index contributed by atoms with van der Waals surface area (Å²) < 4.78 is 2.39. The summed E-state index contributed by atoms with van der Waals surface area (Å²) in [4.78, 5) is 17.6. The van der Waals surface area contributed by atoms with Crippen molar-refractivity contribution in [1.29, 1.82) is 0 Å². The molecule has 0 N–H and O–H groups in total. The minimum absolute atomic E-state index is 0.507. The average molecular weight is 622 g/mol. The van der Waals surface area contributed by atoms with Gasteiger partial charge in [-0.15, -0.1) is 16.4 Å². The Hall–Kier alpha value is -5.78. The maximum atomic E-state index is 7.01. The van der Waals surface area contributed by atoms with Crippen molar-refractivity contribution in [3.8, 4) is 28.1 Å². The Bertz CT molecular complexity index is 2760. The monoisotopic (exact) mass is 621 g/mol. The molecule has 5 heteroatoms. The second-order valence-electron chi connectivity index (χ2n) is 12.3. The molecule has 1 aliphatic heterocycles. The van der Waals surface area contributed by atoms with Gasteiger partial charge in [-0.3, -0.25) is 0 Å². The van der Waals surface area contributed by atoms with Gasteiger partial charge in [-0.1, -0.05) is 115 Å². The van der Waals surface area contributed by atoms with Crippen LogP contribution < -0.4 is 9.90 Å². The first-order valence-electron chi connectivity index (χ1n) is 15.8. The maximum absolute atomic E-state index is 7.01. The molecule has 2 aromatic heterocycles. The van der Waals surface area contributed by atoms with Crippen molar-refractivity contribution in [3.05, 3.63) is 139 Å². The van der Waals surface area contributed by atoms with Crippen LogP contribution in [0.25, 0.3) is 75.0 Å². The normalized spacial score (nSPS) is 12.6. The minimum Gasteiger partial charge on any atom is -0.371 e. The number of fused-ring (bicyclic) bond motifs is 13. The zero-order chi connectivity index (χ0) is 31.2. The third-order valence-corrected chi connectivity index (χ3v) is 10.6. The van der Waals surface area contributed by atoms with Crippen LogP contribution >= 0.6 is 11.3 Å². The van der Waals surface area contributed by atoms with Gasteiger partial charge in [0.05, 0.1) is 15.9 Å². The first-order chi connectivity index (χ1) is 23.1. The van der Waals surface area contributed by atoms with Crippen LogP contribution in [0, 0.1) is 13.8 Å². The van der Waals surface area contributed by atoms with Crippen LogP contribution in [-0.2, 0) is 0 Å². The molecule has 0 atom stereocenters. The number of hydrogen-bond acceptors (Lipinski definition) is 5. The summed E-state index contributed by atoms with van der Waals surface area (Å²) in [6, 6.07) is 45.1. The molecule has 7 aromatic carbocycles. The quantitative estimate of drug-likeness (QED) is 0.192. The largest absolute Gasteiger partial charge is 0.371 e. The standard InChI is InChI=1S/C42H27N3OS/c1-24-19-21-27(25(2)23-24)39-31-15-7-9-17-33(31)43-42(44-39)45-40-38(37-28-12-4-3-11-26(28)20-22-34(37)46-45)30-14-6-5-13-29(30)36-32-16-8-10-18-35(32)47-41(36)40/h3-23H,1-2H3. The van der Waals surface area contributed by atoms with Gasteiger partial charge >= 0.3 is 0 Å². The van der Waals surface area contributed by atoms with Gasteiger partial charge in [0.1, 0.15) is 5.69 Å². The molecule has 0 spiro atoms. The maximum Gasteiger partial charge on any atom is 0.265 e. The lowest BCUT2D eigenvalue weighted by Gasteiger charge is -2.33. The molecule has 47 heavy (non-hydrogen) atoms. The topological polar surface area (TPSA) is 38.2 Å². The van der Waals surface area contributed by atoms with E-state index in [1.54, 1.807) is 11.3 Å².